The van der Waals surface area contributed by atoms with Gasteiger partial charge in [-0.3, -0.25) is 14.4 Å². The molecule has 0 unspecified atom stereocenters. The zero-order chi connectivity index (χ0) is 23.1. The van der Waals surface area contributed by atoms with E-state index in [1.165, 1.54) is 25.1 Å². The number of amides is 3. The highest BCUT2D eigenvalue weighted by Gasteiger charge is 2.15. The van der Waals surface area contributed by atoms with Crippen molar-refractivity contribution in [2.45, 2.75) is 13.8 Å². The van der Waals surface area contributed by atoms with Gasteiger partial charge in [0.25, 0.3) is 11.8 Å². The van der Waals surface area contributed by atoms with Crippen LogP contribution in [0.25, 0.3) is 0 Å². The quantitative estimate of drug-likeness (QED) is 0.514. The first-order valence-corrected chi connectivity index (χ1v) is 9.79. The number of ether oxygens (including phenoxy) is 1. The number of anilines is 3. The van der Waals surface area contributed by atoms with Crippen molar-refractivity contribution >= 4 is 34.8 Å². The molecule has 0 radical (unpaired) electrons. The lowest BCUT2D eigenvalue weighted by atomic mass is 10.1. The molecule has 32 heavy (non-hydrogen) atoms. The van der Waals surface area contributed by atoms with Gasteiger partial charge in [0.1, 0.15) is 11.6 Å². The van der Waals surface area contributed by atoms with E-state index in [1.54, 1.807) is 48.5 Å². The number of benzene rings is 3. The van der Waals surface area contributed by atoms with Crippen LogP contribution < -0.4 is 20.7 Å². The minimum atomic E-state index is -0.561. The third-order valence-corrected chi connectivity index (χ3v) is 4.43. The molecule has 3 amide bonds. The van der Waals surface area contributed by atoms with Crippen LogP contribution in [0.3, 0.4) is 0 Å². The van der Waals surface area contributed by atoms with E-state index < -0.39 is 24.2 Å². The molecule has 0 atom stereocenters. The van der Waals surface area contributed by atoms with Crippen molar-refractivity contribution in [3.63, 3.8) is 0 Å². The lowest BCUT2D eigenvalue weighted by Gasteiger charge is -2.13. The lowest BCUT2D eigenvalue weighted by molar-refractivity contribution is -0.118. The number of carbonyl (C=O) groups is 3. The number of carbonyl (C=O) groups excluding carboxylic acids is 3. The molecule has 0 spiro atoms. The third kappa shape index (κ3) is 5.91. The first-order chi connectivity index (χ1) is 15.3. The van der Waals surface area contributed by atoms with Gasteiger partial charge in [0.05, 0.1) is 11.3 Å². The maximum atomic E-state index is 13.7. The van der Waals surface area contributed by atoms with Crippen LogP contribution in [-0.4, -0.2) is 24.3 Å². The van der Waals surface area contributed by atoms with Crippen LogP contribution in [0.15, 0.2) is 66.7 Å². The Morgan fingerprint density at radius 1 is 0.875 bits per heavy atom. The Labute approximate surface area is 184 Å². The molecule has 0 fully saturated rings. The average Bonchev–Trinajstić information content (AvgIpc) is 2.76. The molecule has 0 heterocycles. The zero-order valence-corrected chi connectivity index (χ0v) is 17.6. The predicted molar refractivity (Wildman–Crippen MR) is 120 cm³/mol. The third-order valence-electron chi connectivity index (χ3n) is 4.43. The molecule has 3 N–H and O–H groups in total. The van der Waals surface area contributed by atoms with Gasteiger partial charge in [0, 0.05) is 18.3 Å². The monoisotopic (exact) mass is 435 g/mol. The van der Waals surface area contributed by atoms with E-state index in [1.807, 2.05) is 6.92 Å². The highest BCUT2D eigenvalue weighted by atomic mass is 19.1. The molecule has 3 rings (SSSR count). The van der Waals surface area contributed by atoms with Crippen molar-refractivity contribution in [3.05, 3.63) is 83.7 Å². The van der Waals surface area contributed by atoms with Crippen molar-refractivity contribution in [2.75, 3.05) is 22.6 Å². The van der Waals surface area contributed by atoms with Gasteiger partial charge < -0.3 is 20.7 Å². The Morgan fingerprint density at radius 3 is 2.31 bits per heavy atom. The van der Waals surface area contributed by atoms with E-state index in [2.05, 4.69) is 16.0 Å². The number of hydrogen-bond donors (Lipinski definition) is 3. The first kappa shape index (κ1) is 22.5. The number of rotatable bonds is 7. The minimum absolute atomic E-state index is 0.0465. The summed E-state index contributed by atoms with van der Waals surface area (Å²) in [7, 11) is 0. The van der Waals surface area contributed by atoms with Gasteiger partial charge in [-0.15, -0.1) is 0 Å². The second kappa shape index (κ2) is 10.2. The summed E-state index contributed by atoms with van der Waals surface area (Å²) in [5.74, 6) is -1.52. The molecule has 0 aliphatic carbocycles. The van der Waals surface area contributed by atoms with Gasteiger partial charge in [-0.2, -0.15) is 0 Å². The maximum absolute atomic E-state index is 13.7. The molecule has 0 aliphatic rings. The van der Waals surface area contributed by atoms with E-state index in [-0.39, 0.29) is 22.9 Å². The Hall–Kier alpha value is -4.20. The second-order valence-electron chi connectivity index (χ2n) is 6.98. The molecular formula is C24H22FN3O4. The maximum Gasteiger partial charge on any atom is 0.262 e. The number of aryl methyl sites for hydroxylation is 1. The van der Waals surface area contributed by atoms with Crippen LogP contribution in [0.5, 0.6) is 5.75 Å². The first-order valence-electron chi connectivity index (χ1n) is 9.79. The fraction of sp³-hybridized carbons (Fsp3) is 0.125. The van der Waals surface area contributed by atoms with Crippen LogP contribution in [0.1, 0.15) is 22.8 Å². The van der Waals surface area contributed by atoms with Crippen molar-refractivity contribution in [3.8, 4) is 5.75 Å². The second-order valence-corrected chi connectivity index (χ2v) is 6.98. The van der Waals surface area contributed by atoms with Crippen LogP contribution in [-0.2, 0) is 9.59 Å². The van der Waals surface area contributed by atoms with E-state index in [0.717, 1.165) is 5.56 Å². The summed E-state index contributed by atoms with van der Waals surface area (Å²) in [5, 5.41) is 7.91. The zero-order valence-electron chi connectivity index (χ0n) is 17.6. The van der Waals surface area contributed by atoms with Crippen molar-refractivity contribution < 1.29 is 23.5 Å². The number of halogens is 1. The van der Waals surface area contributed by atoms with E-state index in [9.17, 15) is 18.8 Å². The van der Waals surface area contributed by atoms with Gasteiger partial charge in [-0.25, -0.2) is 4.39 Å². The average molecular weight is 435 g/mol. The molecule has 0 saturated carbocycles. The molecule has 3 aromatic rings. The van der Waals surface area contributed by atoms with Gasteiger partial charge in [0.15, 0.2) is 6.61 Å². The molecule has 8 heteroatoms. The fourth-order valence-electron chi connectivity index (χ4n) is 2.94. The molecule has 0 aliphatic heterocycles. The summed E-state index contributed by atoms with van der Waals surface area (Å²) in [6, 6.07) is 17.4. The SMILES string of the molecule is CC(=O)Nc1ccc(NC(=O)c2ccccc2OCC(=O)Nc2ccccc2F)cc1C. The molecule has 7 nitrogen and oxygen atoms in total. The van der Waals surface area contributed by atoms with Crippen molar-refractivity contribution in [2.24, 2.45) is 0 Å². The predicted octanol–water partition coefficient (Wildman–Crippen LogP) is 4.36. The van der Waals surface area contributed by atoms with Crippen LogP contribution >= 0.6 is 0 Å². The smallest absolute Gasteiger partial charge is 0.262 e. The van der Waals surface area contributed by atoms with Gasteiger partial charge in [-0.05, 0) is 55.0 Å². The summed E-state index contributed by atoms with van der Waals surface area (Å²) >= 11 is 0. The summed E-state index contributed by atoms with van der Waals surface area (Å²) < 4.78 is 19.2. The summed E-state index contributed by atoms with van der Waals surface area (Å²) in [5.41, 5.74) is 2.25. The molecule has 3 aromatic carbocycles. The largest absolute Gasteiger partial charge is 0.483 e. The Morgan fingerprint density at radius 2 is 1.59 bits per heavy atom. The molecule has 0 saturated heterocycles. The van der Waals surface area contributed by atoms with Gasteiger partial charge in [0.2, 0.25) is 5.91 Å². The Bertz CT molecular complexity index is 1160. The lowest BCUT2D eigenvalue weighted by Crippen LogP contribution is -2.22. The molecule has 0 bridgehead atoms. The van der Waals surface area contributed by atoms with E-state index in [4.69, 9.17) is 4.74 Å². The number of para-hydroxylation sites is 2. The normalized spacial score (nSPS) is 10.2. The highest BCUT2D eigenvalue weighted by Crippen LogP contribution is 2.23. The topological polar surface area (TPSA) is 96.5 Å². The van der Waals surface area contributed by atoms with Gasteiger partial charge >= 0.3 is 0 Å². The van der Waals surface area contributed by atoms with Crippen LogP contribution in [0.4, 0.5) is 21.5 Å². The standard InChI is InChI=1S/C24H22FN3O4/c1-15-13-17(11-12-20(15)26-16(2)29)27-24(31)18-7-3-6-10-22(18)32-14-23(30)28-21-9-5-4-8-19(21)25/h3-13H,14H2,1-2H3,(H,26,29)(H,27,31)(H,28,30). The fourth-order valence-corrected chi connectivity index (χ4v) is 2.94. The van der Waals surface area contributed by atoms with E-state index >= 15 is 0 Å². The Kier molecular flexibility index (Phi) is 7.17. The van der Waals surface area contributed by atoms with Gasteiger partial charge in [-0.1, -0.05) is 24.3 Å². The van der Waals surface area contributed by atoms with Crippen molar-refractivity contribution in [1.29, 1.82) is 0 Å². The van der Waals surface area contributed by atoms with Crippen molar-refractivity contribution in [1.82, 2.24) is 0 Å². The number of nitrogens with one attached hydrogen (secondary N) is 3. The minimum Gasteiger partial charge on any atom is -0.483 e. The van der Waals surface area contributed by atoms with Crippen LogP contribution in [0.2, 0.25) is 0 Å². The summed E-state index contributed by atoms with van der Waals surface area (Å²) in [4.78, 5) is 36.1. The Balaban J connectivity index is 1.66. The number of hydrogen-bond acceptors (Lipinski definition) is 4. The molecule has 164 valence electrons. The van der Waals surface area contributed by atoms with E-state index in [0.29, 0.717) is 11.4 Å². The summed E-state index contributed by atoms with van der Waals surface area (Å²) in [6.07, 6.45) is 0. The molecular weight excluding hydrogens is 413 g/mol. The molecule has 0 aromatic heterocycles. The highest BCUT2D eigenvalue weighted by molar-refractivity contribution is 6.06. The van der Waals surface area contributed by atoms with Crippen LogP contribution in [0, 0.1) is 12.7 Å². The summed E-state index contributed by atoms with van der Waals surface area (Å²) in [6.45, 7) is 2.83.